The molecule has 5 N–H and O–H groups in total. The van der Waals surface area contributed by atoms with Gasteiger partial charge < -0.3 is 34.9 Å². The highest BCUT2D eigenvalue weighted by molar-refractivity contribution is 5.69. The summed E-state index contributed by atoms with van der Waals surface area (Å²) in [6.45, 7) is 3.62. The standard InChI is InChI=1S/C39H41N3O6/c43-24-7-5-20-11-26-38(45)13-22-23-14-39(46)27-12-21-6-8-25(44)33-29(21)37(39,17-42(27)16-19-3-4-19)35(48-33)31(23)40-30(22)34-36(38,28(20)32(24)47-34)9-10-41(26)15-18-1-2-18/h5-8,18-19,26-27,34-35,40,43-46H,1-4,9-17H2/t26-,27-,34?,35+,36+,37+,38-,39-/m1/s1. The number of ether oxygens (including phenoxy) is 2. The summed E-state index contributed by atoms with van der Waals surface area (Å²) in [7, 11) is 0. The second kappa shape index (κ2) is 7.88. The van der Waals surface area contributed by atoms with E-state index in [0.717, 1.165) is 72.5 Å². The minimum atomic E-state index is -1.09. The molecule has 6 aliphatic carbocycles. The normalized spacial score (nSPS) is 41.7. The molecule has 8 atom stereocenters. The molecule has 10 aliphatic rings. The average molecular weight is 648 g/mol. The molecule has 0 amide bonds. The maximum absolute atomic E-state index is 13.4. The molecule has 0 radical (unpaired) electrons. The number of rotatable bonds is 4. The van der Waals surface area contributed by atoms with Crippen molar-refractivity contribution in [2.75, 3.05) is 26.2 Å². The summed E-state index contributed by atoms with van der Waals surface area (Å²) in [6, 6.07) is 7.54. The Bertz CT molecular complexity index is 2040. The second-order valence-corrected chi connectivity index (χ2v) is 17.4. The van der Waals surface area contributed by atoms with E-state index in [2.05, 4.69) is 20.9 Å². The van der Waals surface area contributed by atoms with Crippen LogP contribution < -0.4 is 9.47 Å². The number of aromatic hydroxyl groups is 2. The number of fused-ring (bicyclic) bond motifs is 5. The molecular weight excluding hydrogens is 606 g/mol. The lowest BCUT2D eigenvalue weighted by atomic mass is 9.48. The van der Waals surface area contributed by atoms with Gasteiger partial charge in [-0.15, -0.1) is 0 Å². The van der Waals surface area contributed by atoms with Crippen LogP contribution in [0.25, 0.3) is 0 Å². The molecule has 2 aromatic carbocycles. The summed E-state index contributed by atoms with van der Waals surface area (Å²) in [6.07, 6.45) is 7.26. The number of phenols is 2. The van der Waals surface area contributed by atoms with Gasteiger partial charge in [0.15, 0.2) is 35.2 Å². The van der Waals surface area contributed by atoms with Crippen molar-refractivity contribution in [1.29, 1.82) is 0 Å². The number of nitrogens with one attached hydrogen (secondary N) is 1. The topological polar surface area (TPSA) is 122 Å². The van der Waals surface area contributed by atoms with Gasteiger partial charge in [0.05, 0.1) is 33.4 Å². The van der Waals surface area contributed by atoms with Crippen LogP contribution in [0, 0.1) is 11.8 Å². The first kappa shape index (κ1) is 26.6. The van der Waals surface area contributed by atoms with Crippen LogP contribution in [0.5, 0.6) is 23.0 Å². The van der Waals surface area contributed by atoms with Crippen LogP contribution in [-0.4, -0.2) is 84.7 Å². The van der Waals surface area contributed by atoms with Gasteiger partial charge in [-0.1, -0.05) is 12.1 Å². The lowest BCUT2D eigenvalue weighted by Crippen LogP contribution is -2.74. The summed E-state index contributed by atoms with van der Waals surface area (Å²) in [5, 5.41) is 49.1. The molecule has 2 saturated heterocycles. The molecule has 5 heterocycles. The molecule has 2 saturated carbocycles. The van der Waals surface area contributed by atoms with E-state index in [-0.39, 0.29) is 23.6 Å². The van der Waals surface area contributed by atoms with Gasteiger partial charge in [-0.25, -0.2) is 0 Å². The Kier molecular flexibility index (Phi) is 4.37. The Balaban J connectivity index is 1.03. The molecule has 9 heteroatoms. The summed E-state index contributed by atoms with van der Waals surface area (Å²) in [5.41, 5.74) is 4.89. The zero-order chi connectivity index (χ0) is 31.7. The number of aromatic nitrogens is 1. The van der Waals surface area contributed by atoms with Gasteiger partial charge in [0.2, 0.25) is 0 Å². The van der Waals surface area contributed by atoms with Crippen molar-refractivity contribution in [2.24, 2.45) is 11.8 Å². The lowest BCUT2D eigenvalue weighted by Gasteiger charge is -2.63. The summed E-state index contributed by atoms with van der Waals surface area (Å²) in [4.78, 5) is 9.01. The predicted molar refractivity (Wildman–Crippen MR) is 173 cm³/mol. The molecule has 4 aliphatic heterocycles. The van der Waals surface area contributed by atoms with Crippen LogP contribution in [0.2, 0.25) is 0 Å². The number of aromatic amines is 1. The van der Waals surface area contributed by atoms with E-state index in [1.165, 1.54) is 36.8 Å². The van der Waals surface area contributed by atoms with E-state index in [4.69, 9.17) is 9.47 Å². The Morgan fingerprint density at radius 3 is 1.83 bits per heavy atom. The molecule has 1 unspecified atom stereocenters. The zero-order valence-corrected chi connectivity index (χ0v) is 27.0. The fourth-order valence-corrected chi connectivity index (χ4v) is 13.1. The molecule has 4 bridgehead atoms. The third-order valence-corrected chi connectivity index (χ3v) is 15.4. The first-order valence-electron chi connectivity index (χ1n) is 18.5. The molecule has 48 heavy (non-hydrogen) atoms. The van der Waals surface area contributed by atoms with Gasteiger partial charge in [0.1, 0.15) is 0 Å². The Morgan fingerprint density at radius 1 is 0.708 bits per heavy atom. The number of H-pyrrole nitrogens is 1. The molecule has 9 nitrogen and oxygen atoms in total. The number of benzene rings is 2. The molecular formula is C39H41N3O6. The van der Waals surface area contributed by atoms with Gasteiger partial charge in [0.25, 0.3) is 0 Å². The smallest absolute Gasteiger partial charge is 0.166 e. The number of likely N-dealkylation sites (tertiary alicyclic amines) is 2. The quantitative estimate of drug-likeness (QED) is 0.292. The summed E-state index contributed by atoms with van der Waals surface area (Å²) < 4.78 is 13.8. The van der Waals surface area contributed by atoms with E-state index < -0.39 is 34.2 Å². The summed E-state index contributed by atoms with van der Waals surface area (Å²) in [5.74, 6) is 2.73. The minimum absolute atomic E-state index is 0.0431. The van der Waals surface area contributed by atoms with Gasteiger partial charge in [-0.3, -0.25) is 9.80 Å². The van der Waals surface area contributed by atoms with Crippen molar-refractivity contribution in [3.63, 3.8) is 0 Å². The van der Waals surface area contributed by atoms with Crippen LogP contribution in [-0.2, 0) is 36.5 Å². The Labute approximate surface area is 278 Å². The van der Waals surface area contributed by atoms with Crippen molar-refractivity contribution < 1.29 is 29.9 Å². The first-order valence-corrected chi connectivity index (χ1v) is 18.5. The van der Waals surface area contributed by atoms with Crippen molar-refractivity contribution in [2.45, 2.75) is 104 Å². The van der Waals surface area contributed by atoms with E-state index in [9.17, 15) is 20.4 Å². The SMILES string of the molecule is Oc1ccc2c3c1OC1c4[nH]c5c(c4C[C@@]4(O)[C@@H](C2)N(CC2CC2)CC[C@]314)C[C@@]1(O)[C@H]2Cc3ccc(O)c4c3[C@@]1(CN2CC1CC1)[C@H]5O4. The highest BCUT2D eigenvalue weighted by atomic mass is 16.5. The van der Waals surface area contributed by atoms with E-state index in [0.29, 0.717) is 42.7 Å². The Morgan fingerprint density at radius 2 is 1.23 bits per heavy atom. The van der Waals surface area contributed by atoms with Gasteiger partial charge in [-0.2, -0.15) is 0 Å². The van der Waals surface area contributed by atoms with Crippen LogP contribution in [0.1, 0.15) is 89.1 Å². The van der Waals surface area contributed by atoms with Crippen molar-refractivity contribution in [3.05, 3.63) is 69.0 Å². The van der Waals surface area contributed by atoms with Gasteiger partial charge in [0, 0.05) is 55.7 Å². The summed E-state index contributed by atoms with van der Waals surface area (Å²) >= 11 is 0. The second-order valence-electron chi connectivity index (χ2n) is 17.4. The maximum atomic E-state index is 13.4. The first-order chi connectivity index (χ1) is 23.2. The molecule has 4 fully saturated rings. The fraction of sp³-hybridized carbons (Fsp3) is 0.590. The van der Waals surface area contributed by atoms with Crippen molar-refractivity contribution in [3.8, 4) is 23.0 Å². The van der Waals surface area contributed by atoms with E-state index >= 15 is 0 Å². The molecule has 13 rings (SSSR count). The number of phenolic OH excluding ortho intramolecular Hbond substituents is 2. The van der Waals surface area contributed by atoms with Crippen molar-refractivity contribution in [1.82, 2.24) is 14.8 Å². The average Bonchev–Trinajstić information content (AvgIpc) is 3.95. The molecule has 1 aromatic heterocycles. The maximum Gasteiger partial charge on any atom is 0.166 e. The zero-order valence-electron chi connectivity index (χ0n) is 27.0. The van der Waals surface area contributed by atoms with Crippen LogP contribution in [0.4, 0.5) is 0 Å². The predicted octanol–water partition coefficient (Wildman–Crippen LogP) is 3.43. The molecule has 248 valence electrons. The number of hydrogen-bond acceptors (Lipinski definition) is 8. The van der Waals surface area contributed by atoms with Crippen LogP contribution >= 0.6 is 0 Å². The monoisotopic (exact) mass is 647 g/mol. The van der Waals surface area contributed by atoms with E-state index in [1.54, 1.807) is 12.1 Å². The minimum Gasteiger partial charge on any atom is -0.504 e. The number of piperidine rings is 1. The fourth-order valence-electron chi connectivity index (χ4n) is 13.1. The van der Waals surface area contributed by atoms with Crippen LogP contribution in [0.3, 0.4) is 0 Å². The molecule has 2 spiro atoms. The highest BCUT2D eigenvalue weighted by Gasteiger charge is 2.78. The third-order valence-electron chi connectivity index (χ3n) is 15.4. The third kappa shape index (κ3) is 2.65. The number of aliphatic hydroxyl groups is 2. The van der Waals surface area contributed by atoms with E-state index in [1.807, 2.05) is 6.07 Å². The van der Waals surface area contributed by atoms with Crippen molar-refractivity contribution >= 4 is 0 Å². The highest BCUT2D eigenvalue weighted by Crippen LogP contribution is 2.73. The number of hydrogen-bond donors (Lipinski definition) is 5. The number of nitrogens with zero attached hydrogens (tertiary/aromatic N) is 2. The van der Waals surface area contributed by atoms with Gasteiger partial charge >= 0.3 is 0 Å². The lowest BCUT2D eigenvalue weighted by molar-refractivity contribution is -0.173. The molecule has 3 aromatic rings. The van der Waals surface area contributed by atoms with Crippen LogP contribution in [0.15, 0.2) is 24.3 Å². The Hall–Kier alpha value is -3.24. The largest absolute Gasteiger partial charge is 0.504 e. The van der Waals surface area contributed by atoms with Gasteiger partial charge in [-0.05, 0) is 97.7 Å².